The van der Waals surface area contributed by atoms with Crippen LogP contribution >= 0.6 is 27.7 Å². The normalized spacial score (nSPS) is 10.3. The van der Waals surface area contributed by atoms with E-state index in [1.165, 1.54) is 0 Å². The molecular weight excluding hydrogens is 340 g/mol. The zero-order chi connectivity index (χ0) is 14.5. The van der Waals surface area contributed by atoms with Gasteiger partial charge in [0.1, 0.15) is 5.75 Å². The van der Waals surface area contributed by atoms with Crippen LogP contribution < -0.4 is 4.74 Å². The van der Waals surface area contributed by atoms with Crippen LogP contribution in [0.1, 0.15) is 15.9 Å². The number of ether oxygens (including phenoxy) is 1. The number of hydrogen-bond donors (Lipinski definition) is 1. The highest BCUT2D eigenvalue weighted by Gasteiger charge is 2.09. The molecule has 20 heavy (non-hydrogen) atoms. The first-order chi connectivity index (χ1) is 9.60. The number of aromatic carboxylic acids is 1. The maximum absolute atomic E-state index is 11.1. The Kier molecular flexibility index (Phi) is 5.09. The number of hydrogen-bond acceptors (Lipinski definition) is 3. The Morgan fingerprint density at radius 1 is 1.25 bits per heavy atom. The second kappa shape index (κ2) is 6.81. The van der Waals surface area contributed by atoms with E-state index < -0.39 is 5.97 Å². The van der Waals surface area contributed by atoms with Gasteiger partial charge in [-0.2, -0.15) is 0 Å². The maximum atomic E-state index is 11.1. The molecule has 0 heterocycles. The lowest BCUT2D eigenvalue weighted by atomic mass is 10.2. The molecule has 0 spiro atoms. The lowest BCUT2D eigenvalue weighted by molar-refractivity contribution is 0.0695. The largest absolute Gasteiger partial charge is 0.497 e. The summed E-state index contributed by atoms with van der Waals surface area (Å²) >= 11 is 4.84. The number of methoxy groups -OCH3 is 1. The van der Waals surface area contributed by atoms with E-state index >= 15 is 0 Å². The molecule has 104 valence electrons. The van der Waals surface area contributed by atoms with Crippen molar-refractivity contribution in [2.24, 2.45) is 0 Å². The molecule has 0 aliphatic heterocycles. The Hall–Kier alpha value is -1.46. The van der Waals surface area contributed by atoms with E-state index in [1.54, 1.807) is 31.0 Å². The minimum absolute atomic E-state index is 0.282. The summed E-state index contributed by atoms with van der Waals surface area (Å²) < 4.78 is 5.71. The highest BCUT2D eigenvalue weighted by molar-refractivity contribution is 9.10. The summed E-state index contributed by atoms with van der Waals surface area (Å²) in [6, 6.07) is 13.2. The number of carbonyl (C=O) groups is 1. The highest BCUT2D eigenvalue weighted by Crippen LogP contribution is 2.28. The number of halogens is 1. The van der Waals surface area contributed by atoms with Gasteiger partial charge in [-0.1, -0.05) is 12.1 Å². The molecule has 0 aliphatic carbocycles. The predicted octanol–water partition coefficient (Wildman–Crippen LogP) is 4.45. The first kappa shape index (κ1) is 14.9. The molecule has 0 saturated heterocycles. The molecular formula is C15H13BrO3S. The molecule has 0 saturated carbocycles. The van der Waals surface area contributed by atoms with Gasteiger partial charge in [0.05, 0.1) is 12.7 Å². The third kappa shape index (κ3) is 3.77. The van der Waals surface area contributed by atoms with Crippen LogP contribution in [0.15, 0.2) is 51.8 Å². The first-order valence-corrected chi connectivity index (χ1v) is 7.66. The third-order valence-corrected chi connectivity index (χ3v) is 4.49. The summed E-state index contributed by atoms with van der Waals surface area (Å²) in [6.07, 6.45) is 0. The van der Waals surface area contributed by atoms with Gasteiger partial charge in [0.25, 0.3) is 0 Å². The Bertz CT molecular complexity index is 611. The van der Waals surface area contributed by atoms with E-state index in [1.807, 2.05) is 30.3 Å². The van der Waals surface area contributed by atoms with Crippen molar-refractivity contribution in [1.29, 1.82) is 0 Å². The average molecular weight is 353 g/mol. The number of carboxylic acids is 1. The van der Waals surface area contributed by atoms with Crippen molar-refractivity contribution >= 4 is 33.7 Å². The van der Waals surface area contributed by atoms with Crippen molar-refractivity contribution in [1.82, 2.24) is 0 Å². The van der Waals surface area contributed by atoms with Gasteiger partial charge in [-0.15, -0.1) is 11.8 Å². The number of benzene rings is 2. The molecule has 0 radical (unpaired) electrons. The lowest BCUT2D eigenvalue weighted by Gasteiger charge is -2.06. The Morgan fingerprint density at radius 2 is 1.95 bits per heavy atom. The lowest BCUT2D eigenvalue weighted by Crippen LogP contribution is -1.97. The Labute approximate surface area is 130 Å². The summed E-state index contributed by atoms with van der Waals surface area (Å²) in [5, 5.41) is 9.08. The third-order valence-electron chi connectivity index (χ3n) is 2.73. The van der Waals surface area contributed by atoms with Crippen LogP contribution in [0.2, 0.25) is 0 Å². The van der Waals surface area contributed by atoms with Crippen molar-refractivity contribution in [3.8, 4) is 5.75 Å². The van der Waals surface area contributed by atoms with Gasteiger partial charge >= 0.3 is 5.97 Å². The zero-order valence-electron chi connectivity index (χ0n) is 10.8. The highest BCUT2D eigenvalue weighted by atomic mass is 79.9. The SMILES string of the molecule is COc1ccc(CSc2ccc(Br)c(C(=O)O)c2)cc1. The van der Waals surface area contributed by atoms with Gasteiger partial charge in [-0.05, 0) is 51.8 Å². The van der Waals surface area contributed by atoms with Crippen molar-refractivity contribution in [2.75, 3.05) is 7.11 Å². The summed E-state index contributed by atoms with van der Waals surface area (Å²) in [4.78, 5) is 12.0. The minimum atomic E-state index is -0.927. The summed E-state index contributed by atoms with van der Waals surface area (Å²) in [5.74, 6) is 0.685. The number of thioether (sulfide) groups is 1. The van der Waals surface area contributed by atoms with E-state index in [9.17, 15) is 4.79 Å². The Morgan fingerprint density at radius 3 is 2.55 bits per heavy atom. The molecule has 1 N–H and O–H groups in total. The average Bonchev–Trinajstić information content (AvgIpc) is 2.46. The fourth-order valence-corrected chi connectivity index (χ4v) is 2.95. The van der Waals surface area contributed by atoms with E-state index in [0.717, 1.165) is 22.0 Å². The molecule has 5 heteroatoms. The van der Waals surface area contributed by atoms with E-state index in [4.69, 9.17) is 9.84 Å². The van der Waals surface area contributed by atoms with Gasteiger partial charge in [-0.3, -0.25) is 0 Å². The van der Waals surface area contributed by atoms with Gasteiger partial charge in [0.15, 0.2) is 0 Å². The molecule has 0 aromatic heterocycles. The zero-order valence-corrected chi connectivity index (χ0v) is 13.2. The molecule has 0 aliphatic rings. The van der Waals surface area contributed by atoms with Crippen molar-refractivity contribution in [3.63, 3.8) is 0 Å². The predicted molar refractivity (Wildman–Crippen MR) is 83.7 cm³/mol. The van der Waals surface area contributed by atoms with Crippen LogP contribution in [0, 0.1) is 0 Å². The van der Waals surface area contributed by atoms with Crippen LogP contribution in [0.4, 0.5) is 0 Å². The van der Waals surface area contributed by atoms with Crippen molar-refractivity contribution < 1.29 is 14.6 Å². The molecule has 2 aromatic rings. The second-order valence-corrected chi connectivity index (χ2v) is 5.99. The fraction of sp³-hybridized carbons (Fsp3) is 0.133. The van der Waals surface area contributed by atoms with Crippen molar-refractivity contribution in [3.05, 3.63) is 58.1 Å². The fourth-order valence-electron chi connectivity index (χ4n) is 1.65. The van der Waals surface area contributed by atoms with Crippen LogP contribution in [0.3, 0.4) is 0 Å². The summed E-state index contributed by atoms with van der Waals surface area (Å²) in [7, 11) is 1.64. The molecule has 0 unspecified atom stereocenters. The van der Waals surface area contributed by atoms with Gasteiger partial charge in [0.2, 0.25) is 0 Å². The molecule has 2 aromatic carbocycles. The maximum Gasteiger partial charge on any atom is 0.336 e. The second-order valence-electron chi connectivity index (χ2n) is 4.08. The minimum Gasteiger partial charge on any atom is -0.497 e. The molecule has 0 fully saturated rings. The first-order valence-electron chi connectivity index (χ1n) is 5.88. The summed E-state index contributed by atoms with van der Waals surface area (Å²) in [5.41, 5.74) is 1.44. The van der Waals surface area contributed by atoms with Gasteiger partial charge < -0.3 is 9.84 Å². The molecule has 3 nitrogen and oxygen atoms in total. The van der Waals surface area contributed by atoms with E-state index in [2.05, 4.69) is 15.9 Å². The summed E-state index contributed by atoms with van der Waals surface area (Å²) in [6.45, 7) is 0. The van der Waals surface area contributed by atoms with Crippen LogP contribution in [0.25, 0.3) is 0 Å². The molecule has 0 bridgehead atoms. The quantitative estimate of drug-likeness (QED) is 0.807. The Balaban J connectivity index is 2.06. The van der Waals surface area contributed by atoms with Crippen LogP contribution in [0.5, 0.6) is 5.75 Å². The van der Waals surface area contributed by atoms with Gasteiger partial charge in [0, 0.05) is 15.1 Å². The monoisotopic (exact) mass is 352 g/mol. The number of carboxylic acid groups (broad SMARTS) is 1. The van der Waals surface area contributed by atoms with Crippen LogP contribution in [-0.2, 0) is 5.75 Å². The van der Waals surface area contributed by atoms with Crippen molar-refractivity contribution in [2.45, 2.75) is 10.6 Å². The standard InChI is InChI=1S/C15H13BrO3S/c1-19-11-4-2-10(3-5-11)9-20-12-6-7-14(16)13(8-12)15(17)18/h2-8H,9H2,1H3,(H,17,18). The molecule has 0 amide bonds. The van der Waals surface area contributed by atoms with Gasteiger partial charge in [-0.25, -0.2) is 4.79 Å². The van der Waals surface area contributed by atoms with E-state index in [0.29, 0.717) is 4.47 Å². The molecule has 2 rings (SSSR count). The smallest absolute Gasteiger partial charge is 0.336 e. The van der Waals surface area contributed by atoms with E-state index in [-0.39, 0.29) is 5.56 Å². The topological polar surface area (TPSA) is 46.5 Å². The number of rotatable bonds is 5. The van der Waals surface area contributed by atoms with Crippen LogP contribution in [-0.4, -0.2) is 18.2 Å². The molecule has 0 atom stereocenters.